The number of carbonyl (C=O) groups excluding carboxylic acids is 1. The Kier molecular flexibility index (Phi) is 6.13. The number of nitrogens with zero attached hydrogens (tertiary/aromatic N) is 1. The molecule has 150 valence electrons. The number of nitrogens with one attached hydrogen (secondary N) is 1. The van der Waals surface area contributed by atoms with Gasteiger partial charge < -0.3 is 29.2 Å². The van der Waals surface area contributed by atoms with Crippen molar-refractivity contribution in [3.8, 4) is 23.0 Å². The Bertz CT molecular complexity index is 813. The number of fused-ring (bicyclic) bond motifs is 1. The number of carbonyl (C=O) groups is 1. The topological polar surface area (TPSA) is 69.3 Å². The van der Waals surface area contributed by atoms with Crippen molar-refractivity contribution in [3.63, 3.8) is 0 Å². The van der Waals surface area contributed by atoms with Crippen LogP contribution in [-0.2, 0) is 11.2 Å². The zero-order chi connectivity index (χ0) is 20.1. The summed E-state index contributed by atoms with van der Waals surface area (Å²) in [6.45, 7) is 1.03. The highest BCUT2D eigenvalue weighted by Gasteiger charge is 2.23. The summed E-state index contributed by atoms with van der Waals surface area (Å²) in [4.78, 5) is 14.8. The second kappa shape index (κ2) is 8.73. The number of aryl methyl sites for hydroxylation is 1. The van der Waals surface area contributed by atoms with Gasteiger partial charge in [0.05, 0.1) is 40.7 Å². The summed E-state index contributed by atoms with van der Waals surface area (Å²) in [6, 6.07) is 9.42. The first kappa shape index (κ1) is 19.7. The van der Waals surface area contributed by atoms with E-state index in [4.69, 9.17) is 18.9 Å². The molecule has 0 radical (unpaired) electrons. The van der Waals surface area contributed by atoms with E-state index in [1.807, 2.05) is 12.1 Å². The van der Waals surface area contributed by atoms with Crippen LogP contribution in [0.2, 0.25) is 0 Å². The number of anilines is 2. The lowest BCUT2D eigenvalue weighted by atomic mass is 10.0. The molecule has 1 amide bonds. The minimum absolute atomic E-state index is 0.131. The van der Waals surface area contributed by atoms with E-state index in [0.29, 0.717) is 22.9 Å². The second-order valence-corrected chi connectivity index (χ2v) is 6.46. The van der Waals surface area contributed by atoms with Gasteiger partial charge in [-0.25, -0.2) is 0 Å². The average Bonchev–Trinajstić information content (AvgIpc) is 2.72. The van der Waals surface area contributed by atoms with E-state index in [-0.39, 0.29) is 12.5 Å². The van der Waals surface area contributed by atoms with E-state index in [1.165, 1.54) is 5.56 Å². The minimum Gasteiger partial charge on any atom is -0.495 e. The first-order valence-corrected chi connectivity index (χ1v) is 9.12. The van der Waals surface area contributed by atoms with Gasteiger partial charge in [-0.05, 0) is 24.5 Å². The van der Waals surface area contributed by atoms with Gasteiger partial charge in [0.2, 0.25) is 11.7 Å². The van der Waals surface area contributed by atoms with Crippen LogP contribution in [0.4, 0.5) is 11.4 Å². The van der Waals surface area contributed by atoms with Gasteiger partial charge in [0.1, 0.15) is 5.75 Å². The van der Waals surface area contributed by atoms with Crippen molar-refractivity contribution in [1.82, 2.24) is 0 Å². The molecule has 7 heteroatoms. The highest BCUT2D eigenvalue weighted by molar-refractivity contribution is 5.95. The summed E-state index contributed by atoms with van der Waals surface area (Å²) in [5, 5.41) is 2.92. The van der Waals surface area contributed by atoms with E-state index in [0.717, 1.165) is 30.8 Å². The molecule has 28 heavy (non-hydrogen) atoms. The first-order chi connectivity index (χ1) is 13.6. The minimum atomic E-state index is -0.131. The number of rotatable bonds is 7. The Morgan fingerprint density at radius 3 is 2.29 bits per heavy atom. The molecule has 2 aromatic carbocycles. The molecule has 7 nitrogen and oxygen atoms in total. The molecule has 1 aliphatic rings. The normalized spacial score (nSPS) is 12.8. The molecular formula is C21H26N2O5. The largest absolute Gasteiger partial charge is 0.495 e. The van der Waals surface area contributed by atoms with Crippen molar-refractivity contribution < 1.29 is 23.7 Å². The predicted molar refractivity (Wildman–Crippen MR) is 108 cm³/mol. The molecule has 1 aliphatic heterocycles. The highest BCUT2D eigenvalue weighted by Crippen LogP contribution is 2.40. The van der Waals surface area contributed by atoms with Gasteiger partial charge in [0, 0.05) is 24.4 Å². The van der Waals surface area contributed by atoms with Gasteiger partial charge >= 0.3 is 0 Å². The number of ether oxygens (including phenoxy) is 4. The third kappa shape index (κ3) is 3.93. The van der Waals surface area contributed by atoms with Crippen molar-refractivity contribution in [3.05, 3.63) is 35.9 Å². The van der Waals surface area contributed by atoms with E-state index in [1.54, 1.807) is 40.6 Å². The SMILES string of the molecule is COc1cc(NC(=O)CN2CCCc3cccc(OC)c32)cc(OC)c1OC. The third-order valence-corrected chi connectivity index (χ3v) is 4.78. The van der Waals surface area contributed by atoms with Crippen molar-refractivity contribution in [2.45, 2.75) is 12.8 Å². The van der Waals surface area contributed by atoms with Crippen molar-refractivity contribution in [2.24, 2.45) is 0 Å². The summed E-state index contributed by atoms with van der Waals surface area (Å²) >= 11 is 0. The van der Waals surface area contributed by atoms with Crippen LogP contribution in [0.15, 0.2) is 30.3 Å². The molecule has 0 unspecified atom stereocenters. The van der Waals surface area contributed by atoms with Crippen LogP contribution in [0.1, 0.15) is 12.0 Å². The summed E-state index contributed by atoms with van der Waals surface area (Å²) in [7, 11) is 6.28. The molecule has 3 rings (SSSR count). The Morgan fingerprint density at radius 2 is 1.68 bits per heavy atom. The maximum Gasteiger partial charge on any atom is 0.243 e. The van der Waals surface area contributed by atoms with Crippen LogP contribution in [0.3, 0.4) is 0 Å². The van der Waals surface area contributed by atoms with Crippen LogP contribution in [0.5, 0.6) is 23.0 Å². The molecule has 0 fully saturated rings. The lowest BCUT2D eigenvalue weighted by Gasteiger charge is -2.32. The monoisotopic (exact) mass is 386 g/mol. The zero-order valence-electron chi connectivity index (χ0n) is 16.7. The number of methoxy groups -OCH3 is 4. The standard InChI is InChI=1S/C21H26N2O5/c1-25-16-9-5-7-14-8-6-10-23(20(14)16)13-19(24)22-15-11-17(26-2)21(28-4)18(12-15)27-3/h5,7,9,11-12H,6,8,10,13H2,1-4H3,(H,22,24). The molecule has 0 spiro atoms. The first-order valence-electron chi connectivity index (χ1n) is 9.12. The van der Waals surface area contributed by atoms with Crippen molar-refractivity contribution >= 4 is 17.3 Å². The quantitative estimate of drug-likeness (QED) is 0.789. The van der Waals surface area contributed by atoms with E-state index < -0.39 is 0 Å². The Hall–Kier alpha value is -3.09. The number of amides is 1. The van der Waals surface area contributed by atoms with Gasteiger partial charge in [-0.1, -0.05) is 12.1 Å². The molecule has 1 N–H and O–H groups in total. The fourth-order valence-corrected chi connectivity index (χ4v) is 3.55. The van der Waals surface area contributed by atoms with Gasteiger partial charge in [-0.3, -0.25) is 4.79 Å². The lowest BCUT2D eigenvalue weighted by molar-refractivity contribution is -0.115. The Labute approximate surface area is 165 Å². The summed E-state index contributed by atoms with van der Waals surface area (Å²) in [6.07, 6.45) is 1.98. The smallest absolute Gasteiger partial charge is 0.243 e. The van der Waals surface area contributed by atoms with E-state index in [2.05, 4.69) is 16.3 Å². The summed E-state index contributed by atoms with van der Waals surface area (Å²) in [5.74, 6) is 2.12. The Balaban J connectivity index is 1.79. The molecule has 0 saturated carbocycles. The number of benzene rings is 2. The number of para-hydroxylation sites is 1. The zero-order valence-corrected chi connectivity index (χ0v) is 16.7. The summed E-state index contributed by atoms with van der Waals surface area (Å²) in [5.41, 5.74) is 2.78. The van der Waals surface area contributed by atoms with Gasteiger partial charge in [-0.2, -0.15) is 0 Å². The molecule has 0 aromatic heterocycles. The predicted octanol–water partition coefficient (Wildman–Crippen LogP) is 3.11. The highest BCUT2D eigenvalue weighted by atomic mass is 16.5. The number of hydrogen-bond donors (Lipinski definition) is 1. The van der Waals surface area contributed by atoms with Gasteiger partial charge in [0.15, 0.2) is 11.5 Å². The third-order valence-electron chi connectivity index (χ3n) is 4.78. The molecule has 1 heterocycles. The van der Waals surface area contributed by atoms with Crippen LogP contribution in [0.25, 0.3) is 0 Å². The molecule has 0 aliphatic carbocycles. The maximum atomic E-state index is 12.7. The van der Waals surface area contributed by atoms with Crippen LogP contribution >= 0.6 is 0 Å². The lowest BCUT2D eigenvalue weighted by Crippen LogP contribution is -2.37. The van der Waals surface area contributed by atoms with E-state index in [9.17, 15) is 4.79 Å². The molecular weight excluding hydrogens is 360 g/mol. The second-order valence-electron chi connectivity index (χ2n) is 6.46. The van der Waals surface area contributed by atoms with Crippen LogP contribution < -0.4 is 29.2 Å². The molecule has 2 aromatic rings. The molecule has 0 bridgehead atoms. The van der Waals surface area contributed by atoms with Gasteiger partial charge in [0.25, 0.3) is 0 Å². The van der Waals surface area contributed by atoms with E-state index >= 15 is 0 Å². The molecule has 0 saturated heterocycles. The fraction of sp³-hybridized carbons (Fsp3) is 0.381. The average molecular weight is 386 g/mol. The fourth-order valence-electron chi connectivity index (χ4n) is 3.55. The van der Waals surface area contributed by atoms with Gasteiger partial charge in [-0.15, -0.1) is 0 Å². The Morgan fingerprint density at radius 1 is 1.00 bits per heavy atom. The summed E-state index contributed by atoms with van der Waals surface area (Å²) < 4.78 is 21.5. The maximum absolute atomic E-state index is 12.7. The molecule has 0 atom stereocenters. The number of hydrogen-bond acceptors (Lipinski definition) is 6. The van der Waals surface area contributed by atoms with Crippen LogP contribution in [0, 0.1) is 0 Å². The van der Waals surface area contributed by atoms with Crippen LogP contribution in [-0.4, -0.2) is 47.4 Å². The van der Waals surface area contributed by atoms with Crippen molar-refractivity contribution in [2.75, 3.05) is 51.7 Å². The van der Waals surface area contributed by atoms with Crippen molar-refractivity contribution in [1.29, 1.82) is 0 Å².